The van der Waals surface area contributed by atoms with Gasteiger partial charge in [-0.1, -0.05) is 48.0 Å². The molecule has 0 radical (unpaired) electrons. The van der Waals surface area contributed by atoms with Crippen LogP contribution in [0.15, 0.2) is 59.0 Å². The summed E-state index contributed by atoms with van der Waals surface area (Å²) in [5, 5.41) is 12.2. The molecule has 2 aromatic carbocycles. The Morgan fingerprint density at radius 2 is 1.75 bits per heavy atom. The first-order valence-electron chi connectivity index (χ1n) is 8.45. The van der Waals surface area contributed by atoms with Crippen LogP contribution < -0.4 is 5.32 Å². The van der Waals surface area contributed by atoms with Crippen LogP contribution in [0.5, 0.6) is 0 Å². The molecule has 1 aromatic heterocycles. The molecule has 4 heteroatoms. The average molecular weight is 319 g/mol. The predicted octanol–water partition coefficient (Wildman–Crippen LogP) is 4.21. The second kappa shape index (κ2) is 6.21. The first kappa shape index (κ1) is 15.1. The molecule has 122 valence electrons. The fraction of sp³-hybridized carbons (Fsp3) is 0.300. The molecule has 1 aliphatic carbocycles. The molecule has 0 atom stereocenters. The monoisotopic (exact) mass is 319 g/mol. The van der Waals surface area contributed by atoms with Crippen molar-refractivity contribution in [3.8, 4) is 11.5 Å². The van der Waals surface area contributed by atoms with Crippen molar-refractivity contribution in [2.45, 2.75) is 38.3 Å². The Labute approximate surface area is 141 Å². The fourth-order valence-electron chi connectivity index (χ4n) is 3.09. The van der Waals surface area contributed by atoms with E-state index in [-0.39, 0.29) is 5.54 Å². The second-order valence-corrected chi connectivity index (χ2v) is 6.55. The molecule has 1 saturated carbocycles. The number of aryl methyl sites for hydroxylation is 1. The Kier molecular flexibility index (Phi) is 3.90. The standard InChI is InChI=1S/C20H21N3O/c1-15-8-10-17(11-9-15)18-22-23-19(24-18)20(12-5-13-20)21-14-16-6-3-2-4-7-16/h2-4,6-11,21H,5,12-14H2,1H3. The molecule has 3 aromatic rings. The zero-order chi connectivity index (χ0) is 16.4. The lowest BCUT2D eigenvalue weighted by atomic mass is 9.76. The summed E-state index contributed by atoms with van der Waals surface area (Å²) < 4.78 is 6.02. The van der Waals surface area contributed by atoms with Gasteiger partial charge in [0, 0.05) is 12.1 Å². The molecular formula is C20H21N3O. The van der Waals surface area contributed by atoms with Gasteiger partial charge in [-0.2, -0.15) is 0 Å². The van der Waals surface area contributed by atoms with E-state index < -0.39 is 0 Å². The largest absolute Gasteiger partial charge is 0.419 e. The van der Waals surface area contributed by atoms with Gasteiger partial charge in [0.1, 0.15) is 0 Å². The molecule has 1 fully saturated rings. The van der Waals surface area contributed by atoms with Crippen molar-refractivity contribution in [1.29, 1.82) is 0 Å². The predicted molar refractivity (Wildman–Crippen MR) is 93.3 cm³/mol. The summed E-state index contributed by atoms with van der Waals surface area (Å²) in [4.78, 5) is 0. The number of nitrogens with one attached hydrogen (secondary N) is 1. The van der Waals surface area contributed by atoms with Crippen LogP contribution in [-0.4, -0.2) is 10.2 Å². The van der Waals surface area contributed by atoms with Crippen LogP contribution in [-0.2, 0) is 12.1 Å². The lowest BCUT2D eigenvalue weighted by Gasteiger charge is -2.39. The molecule has 4 rings (SSSR count). The smallest absolute Gasteiger partial charge is 0.247 e. The topological polar surface area (TPSA) is 51.0 Å². The number of rotatable bonds is 5. The van der Waals surface area contributed by atoms with E-state index in [0.717, 1.165) is 24.9 Å². The molecule has 0 unspecified atom stereocenters. The summed E-state index contributed by atoms with van der Waals surface area (Å²) in [6, 6.07) is 18.6. The maximum Gasteiger partial charge on any atom is 0.247 e. The second-order valence-electron chi connectivity index (χ2n) is 6.55. The third-order valence-corrected chi connectivity index (χ3v) is 4.81. The maximum absolute atomic E-state index is 6.02. The van der Waals surface area contributed by atoms with E-state index in [0.29, 0.717) is 11.8 Å². The Balaban J connectivity index is 1.54. The van der Waals surface area contributed by atoms with Crippen molar-refractivity contribution in [1.82, 2.24) is 15.5 Å². The Morgan fingerprint density at radius 1 is 1.00 bits per heavy atom. The third-order valence-electron chi connectivity index (χ3n) is 4.81. The normalized spacial score (nSPS) is 15.9. The highest BCUT2D eigenvalue weighted by Crippen LogP contribution is 2.41. The van der Waals surface area contributed by atoms with Gasteiger partial charge >= 0.3 is 0 Å². The lowest BCUT2D eigenvalue weighted by molar-refractivity contribution is 0.141. The summed E-state index contributed by atoms with van der Waals surface area (Å²) in [5.74, 6) is 1.30. The summed E-state index contributed by atoms with van der Waals surface area (Å²) in [6.07, 6.45) is 3.26. The molecule has 24 heavy (non-hydrogen) atoms. The summed E-state index contributed by atoms with van der Waals surface area (Å²) >= 11 is 0. The van der Waals surface area contributed by atoms with Crippen molar-refractivity contribution >= 4 is 0 Å². The van der Waals surface area contributed by atoms with Crippen LogP contribution in [0.1, 0.15) is 36.3 Å². The van der Waals surface area contributed by atoms with Gasteiger partial charge in [0.15, 0.2) is 0 Å². The average Bonchev–Trinajstić information content (AvgIpc) is 3.06. The molecule has 1 heterocycles. The van der Waals surface area contributed by atoms with Gasteiger partial charge in [0.25, 0.3) is 0 Å². The molecular weight excluding hydrogens is 298 g/mol. The quantitative estimate of drug-likeness (QED) is 0.765. The van der Waals surface area contributed by atoms with Crippen molar-refractivity contribution < 1.29 is 4.42 Å². The van der Waals surface area contributed by atoms with Crippen molar-refractivity contribution in [2.75, 3.05) is 0 Å². The SMILES string of the molecule is Cc1ccc(-c2nnc(C3(NCc4ccccc4)CCC3)o2)cc1. The van der Waals surface area contributed by atoms with Crippen LogP contribution in [0.4, 0.5) is 0 Å². The molecule has 0 aliphatic heterocycles. The minimum atomic E-state index is -0.175. The summed E-state index contributed by atoms with van der Waals surface area (Å²) in [7, 11) is 0. The van der Waals surface area contributed by atoms with Crippen molar-refractivity contribution in [2.24, 2.45) is 0 Å². The minimum absolute atomic E-state index is 0.175. The van der Waals surface area contributed by atoms with Crippen molar-refractivity contribution in [3.63, 3.8) is 0 Å². The number of aromatic nitrogens is 2. The van der Waals surface area contributed by atoms with E-state index in [1.165, 1.54) is 17.5 Å². The molecule has 0 spiro atoms. The number of benzene rings is 2. The Hall–Kier alpha value is -2.46. The van der Waals surface area contributed by atoms with E-state index in [2.05, 4.69) is 58.8 Å². The summed E-state index contributed by atoms with van der Waals surface area (Å²) in [6.45, 7) is 2.88. The Bertz CT molecular complexity index is 804. The van der Waals surface area contributed by atoms with Gasteiger partial charge in [-0.05, 0) is 43.9 Å². The van der Waals surface area contributed by atoms with E-state index in [1.54, 1.807) is 0 Å². The summed E-state index contributed by atoms with van der Waals surface area (Å²) in [5.41, 5.74) is 3.28. The molecule has 0 bridgehead atoms. The van der Waals surface area contributed by atoms with Gasteiger partial charge in [-0.15, -0.1) is 10.2 Å². The highest BCUT2D eigenvalue weighted by molar-refractivity contribution is 5.53. The zero-order valence-corrected chi connectivity index (χ0v) is 13.8. The van der Waals surface area contributed by atoms with E-state index in [1.807, 2.05) is 18.2 Å². The maximum atomic E-state index is 6.02. The molecule has 0 amide bonds. The van der Waals surface area contributed by atoms with Gasteiger partial charge in [0.2, 0.25) is 11.8 Å². The zero-order valence-electron chi connectivity index (χ0n) is 13.8. The third kappa shape index (κ3) is 2.85. The van der Waals surface area contributed by atoms with Crippen LogP contribution >= 0.6 is 0 Å². The Morgan fingerprint density at radius 3 is 2.42 bits per heavy atom. The molecule has 1 aliphatic rings. The van der Waals surface area contributed by atoms with Gasteiger partial charge in [0.05, 0.1) is 5.54 Å². The molecule has 0 saturated heterocycles. The highest BCUT2D eigenvalue weighted by Gasteiger charge is 2.43. The van der Waals surface area contributed by atoms with Gasteiger partial charge < -0.3 is 4.42 Å². The van der Waals surface area contributed by atoms with E-state index >= 15 is 0 Å². The fourth-order valence-corrected chi connectivity index (χ4v) is 3.09. The van der Waals surface area contributed by atoms with E-state index in [4.69, 9.17) is 4.42 Å². The van der Waals surface area contributed by atoms with Crippen LogP contribution in [0.3, 0.4) is 0 Å². The highest BCUT2D eigenvalue weighted by atomic mass is 16.4. The van der Waals surface area contributed by atoms with Crippen LogP contribution in [0.25, 0.3) is 11.5 Å². The van der Waals surface area contributed by atoms with Gasteiger partial charge in [-0.3, -0.25) is 5.32 Å². The van der Waals surface area contributed by atoms with Gasteiger partial charge in [-0.25, -0.2) is 0 Å². The number of hydrogen-bond acceptors (Lipinski definition) is 4. The molecule has 4 nitrogen and oxygen atoms in total. The first-order valence-corrected chi connectivity index (χ1v) is 8.45. The molecule has 1 N–H and O–H groups in total. The number of hydrogen-bond donors (Lipinski definition) is 1. The van der Waals surface area contributed by atoms with Crippen LogP contribution in [0, 0.1) is 6.92 Å². The lowest BCUT2D eigenvalue weighted by Crippen LogP contribution is -2.47. The van der Waals surface area contributed by atoms with E-state index in [9.17, 15) is 0 Å². The minimum Gasteiger partial charge on any atom is -0.419 e. The first-order chi connectivity index (χ1) is 11.8. The number of nitrogens with zero attached hydrogens (tertiary/aromatic N) is 2. The van der Waals surface area contributed by atoms with Crippen LogP contribution in [0.2, 0.25) is 0 Å². The van der Waals surface area contributed by atoms with Crippen molar-refractivity contribution in [3.05, 3.63) is 71.6 Å².